The minimum absolute atomic E-state index is 0.00192. The van der Waals surface area contributed by atoms with Crippen molar-refractivity contribution in [3.05, 3.63) is 35.5 Å². The van der Waals surface area contributed by atoms with Crippen LogP contribution in [0.25, 0.3) is 10.9 Å². The number of aryl methyl sites for hydroxylation is 1. The van der Waals surface area contributed by atoms with Gasteiger partial charge < -0.3 is 9.67 Å². The third-order valence-electron chi connectivity index (χ3n) is 2.97. The number of rotatable bonds is 4. The van der Waals surface area contributed by atoms with Gasteiger partial charge in [-0.1, -0.05) is 13.0 Å². The molecule has 4 nitrogen and oxygen atoms in total. The molecule has 0 amide bonds. The molecule has 0 bridgehead atoms. The van der Waals surface area contributed by atoms with E-state index in [1.807, 2.05) is 17.7 Å². The first-order valence-corrected chi connectivity index (χ1v) is 5.91. The van der Waals surface area contributed by atoms with Crippen LogP contribution in [0.2, 0.25) is 0 Å². The average Bonchev–Trinajstić information content (AvgIpc) is 2.68. The first-order chi connectivity index (χ1) is 8.54. The zero-order chi connectivity index (χ0) is 13.3. The Balaban J connectivity index is 2.70. The number of hydrogen-bond donors (Lipinski definition) is 1. The maximum atomic E-state index is 11.6. The Kier molecular flexibility index (Phi) is 3.19. The van der Waals surface area contributed by atoms with Crippen molar-refractivity contribution in [3.8, 4) is 0 Å². The molecule has 0 aliphatic carbocycles. The number of carbonyl (C=O) groups excluding carboxylic acids is 1. The minimum atomic E-state index is -0.953. The lowest BCUT2D eigenvalue weighted by molar-refractivity contribution is 0.0697. The molecule has 4 heteroatoms. The molecule has 1 aromatic carbocycles. The van der Waals surface area contributed by atoms with E-state index in [-0.39, 0.29) is 11.3 Å². The Morgan fingerprint density at radius 3 is 2.61 bits per heavy atom. The van der Waals surface area contributed by atoms with Crippen LogP contribution in [-0.2, 0) is 6.54 Å². The molecule has 0 saturated heterocycles. The summed E-state index contributed by atoms with van der Waals surface area (Å²) in [6, 6.07) is 4.87. The van der Waals surface area contributed by atoms with Crippen LogP contribution in [0.1, 0.15) is 41.0 Å². The lowest BCUT2D eigenvalue weighted by Gasteiger charge is -2.03. The number of aromatic carboxylic acids is 1. The molecular weight excluding hydrogens is 230 g/mol. The largest absolute Gasteiger partial charge is 0.478 e. The van der Waals surface area contributed by atoms with Gasteiger partial charge in [-0.3, -0.25) is 4.79 Å². The van der Waals surface area contributed by atoms with Gasteiger partial charge in [0, 0.05) is 29.2 Å². The third kappa shape index (κ3) is 2.01. The molecule has 0 aliphatic heterocycles. The van der Waals surface area contributed by atoms with E-state index in [1.165, 1.54) is 13.0 Å². The lowest BCUT2D eigenvalue weighted by atomic mass is 10.1. The summed E-state index contributed by atoms with van der Waals surface area (Å²) in [5.41, 5.74) is 1.70. The summed E-state index contributed by atoms with van der Waals surface area (Å²) in [4.78, 5) is 22.5. The average molecular weight is 245 g/mol. The van der Waals surface area contributed by atoms with E-state index < -0.39 is 5.97 Å². The molecule has 0 saturated carbocycles. The van der Waals surface area contributed by atoms with Crippen molar-refractivity contribution in [1.82, 2.24) is 4.57 Å². The second-order valence-electron chi connectivity index (χ2n) is 4.33. The van der Waals surface area contributed by atoms with Crippen LogP contribution in [0.4, 0.5) is 0 Å². The SMILES string of the molecule is CCCn1cc(C(C)=O)c2ccc(C(=O)O)cc21. The molecule has 0 aliphatic rings. The predicted molar refractivity (Wildman–Crippen MR) is 69.2 cm³/mol. The van der Waals surface area contributed by atoms with E-state index in [2.05, 4.69) is 0 Å². The fourth-order valence-electron chi connectivity index (χ4n) is 2.13. The zero-order valence-corrected chi connectivity index (χ0v) is 10.4. The van der Waals surface area contributed by atoms with Crippen molar-refractivity contribution in [2.24, 2.45) is 0 Å². The number of carboxylic acid groups (broad SMARTS) is 1. The fraction of sp³-hybridized carbons (Fsp3) is 0.286. The van der Waals surface area contributed by atoms with Crippen LogP contribution in [0.5, 0.6) is 0 Å². The maximum Gasteiger partial charge on any atom is 0.335 e. The van der Waals surface area contributed by atoms with E-state index in [0.29, 0.717) is 5.56 Å². The Bertz CT molecular complexity index is 625. The van der Waals surface area contributed by atoms with Crippen LogP contribution in [0, 0.1) is 0 Å². The summed E-state index contributed by atoms with van der Waals surface area (Å²) in [6.07, 6.45) is 2.74. The molecule has 0 spiro atoms. The van der Waals surface area contributed by atoms with Gasteiger partial charge in [-0.05, 0) is 25.5 Å². The van der Waals surface area contributed by atoms with Gasteiger partial charge in [0.15, 0.2) is 5.78 Å². The number of carboxylic acids is 1. The Hall–Kier alpha value is -2.10. The molecule has 0 atom stereocenters. The highest BCUT2D eigenvalue weighted by Crippen LogP contribution is 2.23. The summed E-state index contributed by atoms with van der Waals surface area (Å²) in [5.74, 6) is -0.955. The summed E-state index contributed by atoms with van der Waals surface area (Å²) in [5, 5.41) is 9.83. The summed E-state index contributed by atoms with van der Waals surface area (Å²) in [6.45, 7) is 4.34. The monoisotopic (exact) mass is 245 g/mol. The highest BCUT2D eigenvalue weighted by Gasteiger charge is 2.13. The van der Waals surface area contributed by atoms with Crippen molar-refractivity contribution in [1.29, 1.82) is 0 Å². The van der Waals surface area contributed by atoms with Crippen molar-refractivity contribution in [2.75, 3.05) is 0 Å². The second-order valence-corrected chi connectivity index (χ2v) is 4.33. The molecule has 94 valence electrons. The van der Waals surface area contributed by atoms with Crippen LogP contribution in [0.15, 0.2) is 24.4 Å². The van der Waals surface area contributed by atoms with Gasteiger partial charge in [0.05, 0.1) is 5.56 Å². The van der Waals surface area contributed by atoms with Gasteiger partial charge in [0.1, 0.15) is 0 Å². The second kappa shape index (κ2) is 4.64. The Labute approximate surface area is 105 Å². The smallest absolute Gasteiger partial charge is 0.335 e. The standard InChI is InChI=1S/C14H15NO3/c1-3-6-15-8-12(9(2)16)11-5-4-10(14(17)18)7-13(11)15/h4-5,7-8H,3,6H2,1-2H3,(H,17,18). The zero-order valence-electron chi connectivity index (χ0n) is 10.4. The molecule has 0 radical (unpaired) electrons. The highest BCUT2D eigenvalue weighted by atomic mass is 16.4. The number of carbonyl (C=O) groups is 2. The summed E-state index contributed by atoms with van der Waals surface area (Å²) < 4.78 is 1.94. The molecule has 1 N–H and O–H groups in total. The summed E-state index contributed by atoms with van der Waals surface area (Å²) in [7, 11) is 0. The predicted octanol–water partition coefficient (Wildman–Crippen LogP) is 2.95. The maximum absolute atomic E-state index is 11.6. The molecule has 1 aromatic heterocycles. The van der Waals surface area contributed by atoms with Crippen molar-refractivity contribution >= 4 is 22.7 Å². The van der Waals surface area contributed by atoms with Crippen molar-refractivity contribution in [2.45, 2.75) is 26.8 Å². The summed E-state index contributed by atoms with van der Waals surface area (Å²) >= 11 is 0. The Morgan fingerprint density at radius 1 is 1.33 bits per heavy atom. The van der Waals surface area contributed by atoms with Crippen LogP contribution >= 0.6 is 0 Å². The van der Waals surface area contributed by atoms with Gasteiger partial charge in [-0.15, -0.1) is 0 Å². The number of Topliss-reactive ketones (excluding diaryl/α,β-unsaturated/α-hetero) is 1. The quantitative estimate of drug-likeness (QED) is 0.842. The molecular formula is C14H15NO3. The topological polar surface area (TPSA) is 59.3 Å². The third-order valence-corrected chi connectivity index (χ3v) is 2.97. The van der Waals surface area contributed by atoms with Crippen LogP contribution < -0.4 is 0 Å². The molecule has 0 unspecified atom stereocenters. The minimum Gasteiger partial charge on any atom is -0.478 e. The van der Waals surface area contributed by atoms with Crippen LogP contribution in [0.3, 0.4) is 0 Å². The fourth-order valence-corrected chi connectivity index (χ4v) is 2.13. The first kappa shape index (κ1) is 12.4. The number of hydrogen-bond acceptors (Lipinski definition) is 2. The van der Waals surface area contributed by atoms with E-state index in [4.69, 9.17) is 5.11 Å². The molecule has 2 rings (SSSR count). The molecule has 18 heavy (non-hydrogen) atoms. The first-order valence-electron chi connectivity index (χ1n) is 5.91. The number of fused-ring (bicyclic) bond motifs is 1. The van der Waals surface area contributed by atoms with Crippen LogP contribution in [-0.4, -0.2) is 21.4 Å². The van der Waals surface area contributed by atoms with Crippen molar-refractivity contribution in [3.63, 3.8) is 0 Å². The normalized spacial score (nSPS) is 10.8. The van der Waals surface area contributed by atoms with E-state index in [9.17, 15) is 9.59 Å². The van der Waals surface area contributed by atoms with E-state index in [0.717, 1.165) is 23.9 Å². The van der Waals surface area contributed by atoms with Gasteiger partial charge in [-0.25, -0.2) is 4.79 Å². The molecule has 0 fully saturated rings. The number of ketones is 1. The lowest BCUT2D eigenvalue weighted by Crippen LogP contribution is -1.98. The van der Waals surface area contributed by atoms with Gasteiger partial charge in [0.25, 0.3) is 0 Å². The van der Waals surface area contributed by atoms with Gasteiger partial charge >= 0.3 is 5.97 Å². The van der Waals surface area contributed by atoms with E-state index >= 15 is 0 Å². The number of nitrogens with zero attached hydrogens (tertiary/aromatic N) is 1. The van der Waals surface area contributed by atoms with Crippen molar-refractivity contribution < 1.29 is 14.7 Å². The van der Waals surface area contributed by atoms with Gasteiger partial charge in [0.2, 0.25) is 0 Å². The van der Waals surface area contributed by atoms with E-state index in [1.54, 1.807) is 12.1 Å². The highest BCUT2D eigenvalue weighted by molar-refractivity contribution is 6.08. The number of benzene rings is 1. The van der Waals surface area contributed by atoms with Gasteiger partial charge in [-0.2, -0.15) is 0 Å². The Morgan fingerprint density at radius 2 is 2.06 bits per heavy atom. The molecule has 2 aromatic rings. The molecule has 1 heterocycles. The number of aromatic nitrogens is 1.